The second-order valence-corrected chi connectivity index (χ2v) is 7.54. The lowest BCUT2D eigenvalue weighted by atomic mass is 10.1. The summed E-state index contributed by atoms with van der Waals surface area (Å²) in [7, 11) is -2.82. The molecule has 0 radical (unpaired) electrons. The summed E-state index contributed by atoms with van der Waals surface area (Å²) in [5.41, 5.74) is 6.53. The molecule has 4 nitrogen and oxygen atoms in total. The molecule has 0 amide bonds. The Morgan fingerprint density at radius 2 is 2.31 bits per heavy atom. The van der Waals surface area contributed by atoms with E-state index < -0.39 is 9.84 Å². The maximum absolute atomic E-state index is 11.4. The van der Waals surface area contributed by atoms with Crippen LogP contribution in [0.1, 0.15) is 27.9 Å². The van der Waals surface area contributed by atoms with Crippen molar-refractivity contribution in [3.63, 3.8) is 0 Å². The van der Waals surface area contributed by atoms with Crippen molar-refractivity contribution in [2.24, 2.45) is 5.73 Å². The first-order valence-corrected chi connectivity index (χ1v) is 8.02. The molecule has 2 heterocycles. The van der Waals surface area contributed by atoms with Crippen LogP contribution in [0.5, 0.6) is 0 Å². The van der Waals surface area contributed by atoms with Gasteiger partial charge in [0.15, 0.2) is 9.84 Å². The van der Waals surface area contributed by atoms with Crippen LogP contribution in [0, 0.1) is 6.92 Å². The molecule has 2 N–H and O–H groups in total. The van der Waals surface area contributed by atoms with Crippen molar-refractivity contribution in [1.82, 2.24) is 4.98 Å². The largest absolute Gasteiger partial charge is 0.330 e. The van der Waals surface area contributed by atoms with E-state index in [4.69, 9.17) is 5.73 Å². The molecule has 90 valence electrons. The average molecular weight is 260 g/mol. The van der Waals surface area contributed by atoms with Gasteiger partial charge in [0.2, 0.25) is 0 Å². The smallest absolute Gasteiger partial charge is 0.151 e. The molecule has 6 heteroatoms. The predicted octanol–water partition coefficient (Wildman–Crippen LogP) is 0.855. The fourth-order valence-electron chi connectivity index (χ4n) is 1.98. The molecule has 1 aliphatic rings. The first-order valence-electron chi connectivity index (χ1n) is 5.38. The van der Waals surface area contributed by atoms with Gasteiger partial charge in [-0.1, -0.05) is 0 Å². The molecule has 1 aliphatic heterocycles. The summed E-state index contributed by atoms with van der Waals surface area (Å²) in [6.07, 6.45) is 1.56. The van der Waals surface area contributed by atoms with Crippen LogP contribution < -0.4 is 5.73 Å². The molecule has 0 aromatic carbocycles. The molecule has 2 rings (SSSR count). The molecule has 0 spiro atoms. The third-order valence-electron chi connectivity index (χ3n) is 2.86. The number of hydrogen-bond acceptors (Lipinski definition) is 5. The molecule has 1 aromatic rings. The van der Waals surface area contributed by atoms with Gasteiger partial charge >= 0.3 is 0 Å². The van der Waals surface area contributed by atoms with Crippen molar-refractivity contribution in [3.8, 4) is 0 Å². The lowest BCUT2D eigenvalue weighted by Crippen LogP contribution is -2.03. The van der Waals surface area contributed by atoms with Crippen LogP contribution in [0.4, 0.5) is 0 Å². The van der Waals surface area contributed by atoms with E-state index in [0.29, 0.717) is 12.3 Å². The summed E-state index contributed by atoms with van der Waals surface area (Å²) in [6.45, 7) is 2.58. The first kappa shape index (κ1) is 12.0. The van der Waals surface area contributed by atoms with Crippen LogP contribution in [0.3, 0.4) is 0 Å². The molecule has 1 saturated heterocycles. The normalized spacial score (nSPS) is 23.8. The van der Waals surface area contributed by atoms with Gasteiger partial charge in [-0.15, -0.1) is 11.3 Å². The highest BCUT2D eigenvalue weighted by molar-refractivity contribution is 7.91. The standard InChI is InChI=1S/C10H16N2O2S2/c1-7-9(2-4-11)15-10(12-7)8-3-5-16(13,14)6-8/h8H,2-6,11H2,1H3. The Morgan fingerprint density at radius 1 is 1.56 bits per heavy atom. The maximum atomic E-state index is 11.4. The Morgan fingerprint density at radius 3 is 2.88 bits per heavy atom. The highest BCUT2D eigenvalue weighted by Crippen LogP contribution is 2.33. The van der Waals surface area contributed by atoms with Crippen molar-refractivity contribution in [2.75, 3.05) is 18.1 Å². The van der Waals surface area contributed by atoms with Crippen LogP contribution >= 0.6 is 11.3 Å². The Hall–Kier alpha value is -0.460. The number of sulfone groups is 1. The molecular formula is C10H16N2O2S2. The summed E-state index contributed by atoms with van der Waals surface area (Å²) in [4.78, 5) is 5.67. The minimum Gasteiger partial charge on any atom is -0.330 e. The average Bonchev–Trinajstić information content (AvgIpc) is 2.72. The third-order valence-corrected chi connectivity index (χ3v) is 6.01. The van der Waals surface area contributed by atoms with Gasteiger partial charge in [-0.3, -0.25) is 0 Å². The van der Waals surface area contributed by atoms with Crippen molar-refractivity contribution >= 4 is 21.2 Å². The van der Waals surface area contributed by atoms with Crippen molar-refractivity contribution in [3.05, 3.63) is 15.6 Å². The van der Waals surface area contributed by atoms with Gasteiger partial charge in [0.25, 0.3) is 0 Å². The third kappa shape index (κ3) is 2.44. The van der Waals surface area contributed by atoms with Gasteiger partial charge in [0.1, 0.15) is 0 Å². The summed E-state index contributed by atoms with van der Waals surface area (Å²) < 4.78 is 22.8. The van der Waals surface area contributed by atoms with Crippen LogP contribution in [0.25, 0.3) is 0 Å². The zero-order valence-electron chi connectivity index (χ0n) is 9.27. The summed E-state index contributed by atoms with van der Waals surface area (Å²) in [6, 6.07) is 0. The number of nitrogens with two attached hydrogens (primary N) is 1. The predicted molar refractivity (Wildman–Crippen MR) is 65.6 cm³/mol. The van der Waals surface area contributed by atoms with E-state index in [2.05, 4.69) is 4.98 Å². The maximum Gasteiger partial charge on any atom is 0.151 e. The monoisotopic (exact) mass is 260 g/mol. The second kappa shape index (κ2) is 4.43. The van der Waals surface area contributed by atoms with E-state index in [1.165, 1.54) is 4.88 Å². The zero-order chi connectivity index (χ0) is 11.8. The summed E-state index contributed by atoms with van der Waals surface area (Å²) in [5.74, 6) is 0.685. The molecule has 1 unspecified atom stereocenters. The molecule has 0 aliphatic carbocycles. The fourth-order valence-corrected chi connectivity index (χ4v) is 5.05. The number of rotatable bonds is 3. The SMILES string of the molecule is Cc1nc(C2CCS(=O)(=O)C2)sc1CCN. The topological polar surface area (TPSA) is 73.0 Å². The van der Waals surface area contributed by atoms with E-state index in [1.807, 2.05) is 6.92 Å². The molecule has 0 saturated carbocycles. The Balaban J connectivity index is 2.19. The van der Waals surface area contributed by atoms with Crippen molar-refractivity contribution in [2.45, 2.75) is 25.7 Å². The molecule has 0 bridgehead atoms. The van der Waals surface area contributed by atoms with Gasteiger partial charge in [-0.05, 0) is 26.3 Å². The minimum absolute atomic E-state index is 0.111. The van der Waals surface area contributed by atoms with Gasteiger partial charge in [-0.2, -0.15) is 0 Å². The molecule has 16 heavy (non-hydrogen) atoms. The van der Waals surface area contributed by atoms with Crippen molar-refractivity contribution < 1.29 is 8.42 Å². The summed E-state index contributed by atoms with van der Waals surface area (Å²) in [5, 5.41) is 0.974. The highest BCUT2D eigenvalue weighted by atomic mass is 32.2. The number of hydrogen-bond donors (Lipinski definition) is 1. The number of nitrogens with zero attached hydrogens (tertiary/aromatic N) is 1. The summed E-state index contributed by atoms with van der Waals surface area (Å²) >= 11 is 1.63. The van der Waals surface area contributed by atoms with Crippen LogP contribution in [-0.2, 0) is 16.3 Å². The molecule has 1 fully saturated rings. The lowest BCUT2D eigenvalue weighted by Gasteiger charge is -2.00. The van der Waals surface area contributed by atoms with Gasteiger partial charge in [-0.25, -0.2) is 13.4 Å². The van der Waals surface area contributed by atoms with Gasteiger partial charge < -0.3 is 5.73 Å². The highest BCUT2D eigenvalue weighted by Gasteiger charge is 2.31. The van der Waals surface area contributed by atoms with E-state index in [0.717, 1.165) is 23.5 Å². The van der Waals surface area contributed by atoms with E-state index in [-0.39, 0.29) is 11.7 Å². The quantitative estimate of drug-likeness (QED) is 0.874. The second-order valence-electron chi connectivity index (χ2n) is 4.20. The molecular weight excluding hydrogens is 244 g/mol. The fraction of sp³-hybridized carbons (Fsp3) is 0.700. The number of thiazole rings is 1. The Bertz CT molecular complexity index is 479. The van der Waals surface area contributed by atoms with Crippen LogP contribution in [0.2, 0.25) is 0 Å². The lowest BCUT2D eigenvalue weighted by molar-refractivity contribution is 0.601. The Kier molecular flexibility index (Phi) is 3.32. The number of aromatic nitrogens is 1. The van der Waals surface area contributed by atoms with Crippen LogP contribution in [0.15, 0.2) is 0 Å². The molecule has 1 atom stereocenters. The van der Waals surface area contributed by atoms with E-state index >= 15 is 0 Å². The van der Waals surface area contributed by atoms with E-state index in [1.54, 1.807) is 11.3 Å². The van der Waals surface area contributed by atoms with Gasteiger partial charge in [0, 0.05) is 10.8 Å². The van der Waals surface area contributed by atoms with Gasteiger partial charge in [0.05, 0.1) is 22.2 Å². The van der Waals surface area contributed by atoms with Crippen LogP contribution in [-0.4, -0.2) is 31.5 Å². The number of aryl methyl sites for hydroxylation is 1. The molecule has 1 aromatic heterocycles. The van der Waals surface area contributed by atoms with E-state index in [9.17, 15) is 8.42 Å². The van der Waals surface area contributed by atoms with Crippen molar-refractivity contribution in [1.29, 1.82) is 0 Å². The zero-order valence-corrected chi connectivity index (χ0v) is 10.9. The minimum atomic E-state index is -2.82. The Labute approximate surface area is 99.8 Å². The first-order chi connectivity index (χ1) is 7.52.